The summed E-state index contributed by atoms with van der Waals surface area (Å²) in [5.41, 5.74) is -1.51. The van der Waals surface area contributed by atoms with E-state index in [9.17, 15) is 33.2 Å². The van der Waals surface area contributed by atoms with Gasteiger partial charge in [0.15, 0.2) is 0 Å². The van der Waals surface area contributed by atoms with Crippen molar-refractivity contribution in [2.75, 3.05) is 25.4 Å². The number of aliphatic carboxylic acids is 1. The van der Waals surface area contributed by atoms with Crippen molar-refractivity contribution < 1.29 is 37.5 Å². The molecule has 164 valence electrons. The van der Waals surface area contributed by atoms with Crippen LogP contribution in [0.1, 0.15) is 5.56 Å². The van der Waals surface area contributed by atoms with Crippen molar-refractivity contribution in [3.05, 3.63) is 57.1 Å². The smallest absolute Gasteiger partial charge is 0.416 e. The number of ether oxygens (including phenoxy) is 2. The van der Waals surface area contributed by atoms with Crippen LogP contribution >= 0.6 is 11.6 Å². The van der Waals surface area contributed by atoms with Gasteiger partial charge in [0.1, 0.15) is 18.1 Å². The number of nitro benzene ring substituents is 1. The molecule has 0 radical (unpaired) electrons. The summed E-state index contributed by atoms with van der Waals surface area (Å²) in [6.45, 7) is -0.939. The zero-order valence-corrected chi connectivity index (χ0v) is 17.6. The number of nitro groups is 1. The van der Waals surface area contributed by atoms with Gasteiger partial charge in [0.2, 0.25) is 5.75 Å². The van der Waals surface area contributed by atoms with E-state index in [-0.39, 0.29) is 16.5 Å². The molecule has 0 aliphatic rings. The topological polar surface area (TPSA) is 102 Å². The lowest BCUT2D eigenvalue weighted by molar-refractivity contribution is -0.386. The van der Waals surface area contributed by atoms with Gasteiger partial charge in [-0.2, -0.15) is 13.2 Å². The van der Waals surface area contributed by atoms with E-state index in [0.717, 1.165) is 30.3 Å². The van der Waals surface area contributed by atoms with Crippen molar-refractivity contribution in [2.45, 2.75) is 6.18 Å². The second-order valence-corrected chi connectivity index (χ2v) is 8.87. The van der Waals surface area contributed by atoms with Crippen molar-refractivity contribution in [1.29, 1.82) is 0 Å². The normalized spacial score (nSPS) is 10.8. The van der Waals surface area contributed by atoms with Crippen LogP contribution in [0.15, 0.2) is 36.4 Å². The van der Waals surface area contributed by atoms with Crippen LogP contribution in [-0.2, 0) is 21.9 Å². The molecule has 7 nitrogen and oxygen atoms in total. The summed E-state index contributed by atoms with van der Waals surface area (Å²) in [5.74, 6) is -2.22. The van der Waals surface area contributed by atoms with Gasteiger partial charge in [0.05, 0.1) is 40.2 Å². The van der Waals surface area contributed by atoms with Gasteiger partial charge in [-0.1, -0.05) is 11.6 Å². The molecule has 12 heteroatoms. The summed E-state index contributed by atoms with van der Waals surface area (Å²) in [4.78, 5) is 20.6. The predicted octanol–water partition coefficient (Wildman–Crippen LogP) is 3.68. The van der Waals surface area contributed by atoms with Gasteiger partial charge in [0, 0.05) is 12.1 Å². The average Bonchev–Trinajstić information content (AvgIpc) is 2.60. The highest BCUT2D eigenvalue weighted by Crippen LogP contribution is 2.38. The molecule has 0 bridgehead atoms. The number of alkyl halides is 3. The van der Waals surface area contributed by atoms with Crippen LogP contribution in [0, 0.1) is 10.1 Å². The molecule has 0 unspecified atom stereocenters. The van der Waals surface area contributed by atoms with E-state index in [4.69, 9.17) is 21.1 Å². The number of benzene rings is 2. The molecule has 0 aromatic heterocycles. The third-order valence-electron chi connectivity index (χ3n) is 2.96. The standard InChI is InChI=1S/C15H9ClF3NO6.C3H9S/c16-10-5-8(15(17,18)19)1-4-12(10)26-9-2-3-11(20(23)24)13(6-9)25-7-14(21)22;1-4(2)3/h1-6H,7H2,(H,21,22);1-3H3/q;+1/p-1. The summed E-state index contributed by atoms with van der Waals surface area (Å²) in [7, 11) is 0.639. The monoisotopic (exact) mass is 467 g/mol. The first-order chi connectivity index (χ1) is 13.8. The van der Waals surface area contributed by atoms with E-state index in [1.54, 1.807) is 0 Å². The molecule has 0 saturated heterocycles. The summed E-state index contributed by atoms with van der Waals surface area (Å²) >= 11 is 5.76. The minimum Gasteiger partial charge on any atom is -0.546 e. The maximum atomic E-state index is 12.6. The number of hydrogen-bond acceptors (Lipinski definition) is 6. The zero-order valence-electron chi connectivity index (χ0n) is 16.0. The zero-order chi connectivity index (χ0) is 23.1. The lowest BCUT2D eigenvalue weighted by Gasteiger charge is -2.12. The third-order valence-corrected chi connectivity index (χ3v) is 3.26. The molecule has 2 rings (SSSR count). The lowest BCUT2D eigenvalue weighted by Crippen LogP contribution is -2.29. The van der Waals surface area contributed by atoms with Gasteiger partial charge < -0.3 is 19.4 Å². The molecule has 0 heterocycles. The Kier molecular flexibility index (Phi) is 9.24. The van der Waals surface area contributed by atoms with Crippen LogP contribution < -0.4 is 14.6 Å². The van der Waals surface area contributed by atoms with Crippen LogP contribution in [0.3, 0.4) is 0 Å². The maximum absolute atomic E-state index is 12.6. The fourth-order valence-electron chi connectivity index (χ4n) is 1.85. The SMILES string of the molecule is C[S+](C)C.O=C([O-])COc1cc(Oc2ccc(C(F)(F)F)cc2Cl)ccc1[N+](=O)[O-]. The molecule has 0 amide bonds. The van der Waals surface area contributed by atoms with Crippen LogP contribution in [0.5, 0.6) is 17.2 Å². The summed E-state index contributed by atoms with van der Waals surface area (Å²) in [6, 6.07) is 5.54. The van der Waals surface area contributed by atoms with E-state index in [1.807, 2.05) is 0 Å². The number of carboxylic acid groups (broad SMARTS) is 1. The van der Waals surface area contributed by atoms with Crippen molar-refractivity contribution in [3.63, 3.8) is 0 Å². The van der Waals surface area contributed by atoms with E-state index < -0.39 is 40.7 Å². The predicted molar refractivity (Wildman–Crippen MR) is 105 cm³/mol. The molecule has 2 aromatic carbocycles. The minimum atomic E-state index is -4.58. The van der Waals surface area contributed by atoms with Gasteiger partial charge in [-0.25, -0.2) is 0 Å². The third kappa shape index (κ3) is 8.37. The summed E-state index contributed by atoms with van der Waals surface area (Å²) in [5, 5.41) is 21.0. The van der Waals surface area contributed by atoms with Gasteiger partial charge >= 0.3 is 11.9 Å². The van der Waals surface area contributed by atoms with E-state index in [2.05, 4.69) is 18.8 Å². The highest BCUT2D eigenvalue weighted by atomic mass is 35.5. The fraction of sp³-hybridized carbons (Fsp3) is 0.278. The Hall–Kier alpha value is -2.66. The molecule has 0 aliphatic carbocycles. The van der Waals surface area contributed by atoms with Crippen molar-refractivity contribution in [2.24, 2.45) is 0 Å². The number of halogens is 4. The number of carbonyl (C=O) groups excluding carboxylic acids is 1. The van der Waals surface area contributed by atoms with Crippen LogP contribution in [0.4, 0.5) is 18.9 Å². The van der Waals surface area contributed by atoms with Gasteiger partial charge in [-0.15, -0.1) is 0 Å². The molecule has 2 aromatic rings. The molecule has 0 spiro atoms. The molecular weight excluding hydrogens is 451 g/mol. The van der Waals surface area contributed by atoms with Crippen molar-refractivity contribution >= 4 is 34.2 Å². The van der Waals surface area contributed by atoms with Crippen LogP contribution in [0.25, 0.3) is 0 Å². The number of carboxylic acids is 1. The Balaban J connectivity index is 0.00000103. The highest BCUT2D eigenvalue weighted by molar-refractivity contribution is 7.94. The Morgan fingerprint density at radius 1 is 1.13 bits per heavy atom. The van der Waals surface area contributed by atoms with Gasteiger partial charge in [0.25, 0.3) is 0 Å². The Labute approximate surface area is 177 Å². The minimum absolute atomic E-state index is 0.0643. The van der Waals surface area contributed by atoms with Crippen LogP contribution in [0.2, 0.25) is 5.02 Å². The highest BCUT2D eigenvalue weighted by Gasteiger charge is 2.31. The molecule has 30 heavy (non-hydrogen) atoms. The number of carbonyl (C=O) groups is 1. The second kappa shape index (κ2) is 10.9. The van der Waals surface area contributed by atoms with Crippen LogP contribution in [-0.4, -0.2) is 36.3 Å². The van der Waals surface area contributed by atoms with E-state index >= 15 is 0 Å². The Morgan fingerprint density at radius 3 is 2.20 bits per heavy atom. The quantitative estimate of drug-likeness (QED) is 0.365. The first kappa shape index (κ1) is 25.4. The van der Waals surface area contributed by atoms with Crippen molar-refractivity contribution in [1.82, 2.24) is 0 Å². The maximum Gasteiger partial charge on any atom is 0.416 e. The Bertz CT molecular complexity index is 905. The molecule has 0 aliphatic heterocycles. The lowest BCUT2D eigenvalue weighted by atomic mass is 10.2. The van der Waals surface area contributed by atoms with Gasteiger partial charge in [-0.05, 0) is 35.2 Å². The summed E-state index contributed by atoms with van der Waals surface area (Å²) < 4.78 is 47.9. The molecular formula is C18H17ClF3NO6S. The Morgan fingerprint density at radius 2 is 1.73 bits per heavy atom. The van der Waals surface area contributed by atoms with Crippen molar-refractivity contribution in [3.8, 4) is 17.2 Å². The first-order valence-electron chi connectivity index (χ1n) is 7.96. The first-order valence-corrected chi connectivity index (χ1v) is 10.8. The molecule has 0 atom stereocenters. The van der Waals surface area contributed by atoms with E-state index in [1.165, 1.54) is 0 Å². The second-order valence-electron chi connectivity index (χ2n) is 6.02. The average molecular weight is 468 g/mol. The fourth-order valence-corrected chi connectivity index (χ4v) is 2.07. The summed E-state index contributed by atoms with van der Waals surface area (Å²) in [6.07, 6.45) is 2.00. The number of nitrogens with zero attached hydrogens (tertiary/aromatic N) is 1. The molecule has 0 saturated carbocycles. The van der Waals surface area contributed by atoms with Gasteiger partial charge in [-0.3, -0.25) is 10.1 Å². The molecule has 0 N–H and O–H groups in total. The molecule has 0 fully saturated rings. The number of rotatable bonds is 6. The van der Waals surface area contributed by atoms with E-state index in [0.29, 0.717) is 17.0 Å². The number of hydrogen-bond donors (Lipinski definition) is 0. The largest absolute Gasteiger partial charge is 0.546 e.